The second-order valence-corrected chi connectivity index (χ2v) is 17.3. The van der Waals surface area contributed by atoms with Gasteiger partial charge in [-0.15, -0.1) is 11.3 Å². The van der Waals surface area contributed by atoms with Crippen LogP contribution in [-0.4, -0.2) is 24.5 Å². The quantitative estimate of drug-likeness (QED) is 0.168. The summed E-state index contributed by atoms with van der Waals surface area (Å²) in [5.74, 6) is 1.92. The minimum atomic E-state index is -0.154. The van der Waals surface area contributed by atoms with Gasteiger partial charge in [-0.1, -0.05) is 153 Å². The van der Waals surface area contributed by atoms with E-state index in [1.165, 1.54) is 48.9 Å². The number of fused-ring (bicyclic) bond motifs is 7. The van der Waals surface area contributed by atoms with Crippen LogP contribution in [-0.2, 0) is 5.41 Å². The Morgan fingerprint density at radius 3 is 1.70 bits per heavy atom. The van der Waals surface area contributed by atoms with Gasteiger partial charge < -0.3 is 4.57 Å². The molecule has 5 nitrogen and oxygen atoms in total. The summed E-state index contributed by atoms with van der Waals surface area (Å²) >= 11 is 1.78. The van der Waals surface area contributed by atoms with E-state index < -0.39 is 0 Å². The number of rotatable bonds is 6. The van der Waals surface area contributed by atoms with Crippen LogP contribution in [0.15, 0.2) is 188 Å². The Balaban J connectivity index is 0.942. The van der Waals surface area contributed by atoms with Crippen molar-refractivity contribution >= 4 is 43.4 Å². The summed E-state index contributed by atoms with van der Waals surface area (Å²) in [4.78, 5) is 20.1. The molecule has 0 saturated heterocycles. The molecular weight excluding hydrogens is 763 g/mol. The predicted octanol–water partition coefficient (Wildman–Crippen LogP) is 14.2. The number of thiazole rings is 1. The molecule has 0 saturated carbocycles. The van der Waals surface area contributed by atoms with Crippen molar-refractivity contribution in [2.45, 2.75) is 19.3 Å². The van der Waals surface area contributed by atoms with Gasteiger partial charge in [0.05, 0.1) is 21.3 Å². The molecule has 12 rings (SSSR count). The van der Waals surface area contributed by atoms with E-state index in [1.54, 1.807) is 11.3 Å². The average molecular weight is 800 g/mol. The number of nitrogens with zero attached hydrogens (tertiary/aromatic N) is 5. The maximum atomic E-state index is 5.08. The zero-order chi connectivity index (χ0) is 40.7. The summed E-state index contributed by atoms with van der Waals surface area (Å²) in [6.45, 7) is 4.72. The van der Waals surface area contributed by atoms with Crippen molar-refractivity contribution < 1.29 is 0 Å². The molecule has 61 heavy (non-hydrogen) atoms. The topological polar surface area (TPSA) is 56.5 Å². The monoisotopic (exact) mass is 799 g/mol. The Labute approximate surface area is 357 Å². The fraction of sp³-hybridized carbons (Fsp3) is 0.0545. The highest BCUT2D eigenvalue weighted by Gasteiger charge is 2.36. The molecular formula is C55H37N5S. The third-order valence-corrected chi connectivity index (χ3v) is 13.3. The van der Waals surface area contributed by atoms with Crippen molar-refractivity contribution in [3.63, 3.8) is 0 Å². The maximum absolute atomic E-state index is 5.08. The van der Waals surface area contributed by atoms with Gasteiger partial charge in [-0.2, -0.15) is 0 Å². The molecule has 0 fully saturated rings. The standard InChI is InChI=1S/C55H37N5S/c1-55(2)45-31-38(25-27-41(45)43-32-47-50(33-46(43)55)61-54(56-47)36-19-10-5-11-20-36)37-26-28-49-44(30-37)42-23-12-13-24-48(42)60(49)40-22-14-21-39(29-40)53-58-51(34-15-6-3-7-16-34)57-52(59-53)35-17-8-4-9-18-35/h3-33H,1-2H3. The zero-order valence-corrected chi connectivity index (χ0v) is 34.4. The Morgan fingerprint density at radius 2 is 0.984 bits per heavy atom. The fourth-order valence-corrected chi connectivity index (χ4v) is 10.2. The SMILES string of the molecule is CC1(C)c2cc(-c3ccc4c(c3)c3ccccc3n4-c3cccc(-c4nc(-c5ccccc5)nc(-c5ccccc5)n4)c3)ccc2-c2cc3nc(-c4ccccc4)sc3cc21. The first-order valence-corrected chi connectivity index (χ1v) is 21.4. The van der Waals surface area contributed by atoms with Crippen molar-refractivity contribution in [2.24, 2.45) is 0 Å². The van der Waals surface area contributed by atoms with E-state index in [4.69, 9.17) is 19.9 Å². The van der Waals surface area contributed by atoms with Crippen LogP contribution < -0.4 is 0 Å². The molecule has 6 heteroatoms. The van der Waals surface area contributed by atoms with E-state index in [9.17, 15) is 0 Å². The first-order chi connectivity index (χ1) is 30.0. The Kier molecular flexibility index (Phi) is 7.99. The molecule has 0 N–H and O–H groups in total. The van der Waals surface area contributed by atoms with Crippen molar-refractivity contribution in [1.29, 1.82) is 0 Å². The first-order valence-electron chi connectivity index (χ1n) is 20.6. The lowest BCUT2D eigenvalue weighted by Gasteiger charge is -2.22. The summed E-state index contributed by atoms with van der Waals surface area (Å²) in [7, 11) is 0. The van der Waals surface area contributed by atoms with Gasteiger partial charge in [-0.3, -0.25) is 0 Å². The van der Waals surface area contributed by atoms with Crippen molar-refractivity contribution in [2.75, 3.05) is 0 Å². The highest BCUT2D eigenvalue weighted by atomic mass is 32.1. The number of hydrogen-bond acceptors (Lipinski definition) is 5. The van der Waals surface area contributed by atoms with Gasteiger partial charge in [0.2, 0.25) is 0 Å². The predicted molar refractivity (Wildman–Crippen MR) is 252 cm³/mol. The molecule has 0 amide bonds. The van der Waals surface area contributed by atoms with E-state index in [0.717, 1.165) is 49.5 Å². The molecule has 0 unspecified atom stereocenters. The molecule has 0 atom stereocenters. The Bertz CT molecular complexity index is 3440. The molecule has 0 bridgehead atoms. The highest BCUT2D eigenvalue weighted by molar-refractivity contribution is 7.21. The summed E-state index contributed by atoms with van der Waals surface area (Å²) in [6, 6.07) is 66.6. The van der Waals surface area contributed by atoms with Gasteiger partial charge in [-0.25, -0.2) is 19.9 Å². The minimum Gasteiger partial charge on any atom is -0.309 e. The van der Waals surface area contributed by atoms with Crippen LogP contribution >= 0.6 is 11.3 Å². The van der Waals surface area contributed by atoms with Gasteiger partial charge in [0.15, 0.2) is 17.5 Å². The largest absolute Gasteiger partial charge is 0.309 e. The lowest BCUT2D eigenvalue weighted by atomic mass is 9.81. The third kappa shape index (κ3) is 5.82. The Morgan fingerprint density at radius 1 is 0.410 bits per heavy atom. The summed E-state index contributed by atoms with van der Waals surface area (Å²) in [5, 5.41) is 3.48. The maximum Gasteiger partial charge on any atom is 0.164 e. The first kappa shape index (κ1) is 35.4. The number of benzene rings is 8. The summed E-state index contributed by atoms with van der Waals surface area (Å²) in [5.41, 5.74) is 15.9. The number of hydrogen-bond donors (Lipinski definition) is 0. The molecule has 3 heterocycles. The highest BCUT2D eigenvalue weighted by Crippen LogP contribution is 2.52. The molecule has 288 valence electrons. The molecule has 0 aliphatic heterocycles. The molecule has 11 aromatic rings. The smallest absolute Gasteiger partial charge is 0.164 e. The molecule has 1 aliphatic rings. The molecule has 0 radical (unpaired) electrons. The van der Waals surface area contributed by atoms with Crippen molar-refractivity contribution in [3.05, 3.63) is 199 Å². The number of para-hydroxylation sites is 1. The lowest BCUT2D eigenvalue weighted by Crippen LogP contribution is -2.14. The molecule has 0 spiro atoms. The van der Waals surface area contributed by atoms with Gasteiger partial charge in [0.25, 0.3) is 0 Å². The van der Waals surface area contributed by atoms with Gasteiger partial charge in [0.1, 0.15) is 5.01 Å². The van der Waals surface area contributed by atoms with Crippen LogP contribution in [0.4, 0.5) is 0 Å². The Hall–Kier alpha value is -7.54. The average Bonchev–Trinajstić information content (AvgIpc) is 3.96. The van der Waals surface area contributed by atoms with Gasteiger partial charge in [0, 0.05) is 44.1 Å². The summed E-state index contributed by atoms with van der Waals surface area (Å²) in [6.07, 6.45) is 0. The van der Waals surface area contributed by atoms with E-state index in [-0.39, 0.29) is 5.41 Å². The molecule has 8 aromatic carbocycles. The van der Waals surface area contributed by atoms with Crippen LogP contribution in [0.25, 0.3) is 105 Å². The van der Waals surface area contributed by atoms with Crippen molar-refractivity contribution in [3.8, 4) is 72.7 Å². The normalized spacial score (nSPS) is 12.9. The second-order valence-electron chi connectivity index (χ2n) is 16.3. The third-order valence-electron chi connectivity index (χ3n) is 12.3. The van der Waals surface area contributed by atoms with E-state index in [1.807, 2.05) is 60.7 Å². The molecule has 3 aromatic heterocycles. The second kappa shape index (κ2) is 13.8. The van der Waals surface area contributed by atoms with Crippen LogP contribution in [0.5, 0.6) is 0 Å². The van der Waals surface area contributed by atoms with E-state index in [2.05, 4.69) is 146 Å². The van der Waals surface area contributed by atoms with E-state index >= 15 is 0 Å². The van der Waals surface area contributed by atoms with Crippen molar-refractivity contribution in [1.82, 2.24) is 24.5 Å². The van der Waals surface area contributed by atoms with Gasteiger partial charge >= 0.3 is 0 Å². The van der Waals surface area contributed by atoms with Crippen LogP contribution in [0.3, 0.4) is 0 Å². The van der Waals surface area contributed by atoms with Crippen LogP contribution in [0.1, 0.15) is 25.0 Å². The molecule has 1 aliphatic carbocycles. The van der Waals surface area contributed by atoms with Crippen LogP contribution in [0, 0.1) is 0 Å². The summed E-state index contributed by atoms with van der Waals surface area (Å²) < 4.78 is 3.59. The number of aromatic nitrogens is 5. The zero-order valence-electron chi connectivity index (χ0n) is 33.5. The lowest BCUT2D eigenvalue weighted by molar-refractivity contribution is 0.661. The minimum absolute atomic E-state index is 0.154. The van der Waals surface area contributed by atoms with Gasteiger partial charge in [-0.05, 0) is 81.9 Å². The van der Waals surface area contributed by atoms with E-state index in [0.29, 0.717) is 17.5 Å². The van der Waals surface area contributed by atoms with Crippen LogP contribution in [0.2, 0.25) is 0 Å². The fourth-order valence-electron chi connectivity index (χ4n) is 9.19.